The molecule has 0 heterocycles. The number of hydrogen-bond donors (Lipinski definition) is 1. The van der Waals surface area contributed by atoms with Gasteiger partial charge in [-0.2, -0.15) is 5.26 Å². The van der Waals surface area contributed by atoms with Crippen molar-refractivity contribution in [3.8, 4) is 6.07 Å². The highest BCUT2D eigenvalue weighted by Crippen LogP contribution is 2.27. The Kier molecular flexibility index (Phi) is 5.20. The van der Waals surface area contributed by atoms with Crippen molar-refractivity contribution in [2.24, 2.45) is 0 Å². The zero-order valence-corrected chi connectivity index (χ0v) is 13.0. The summed E-state index contributed by atoms with van der Waals surface area (Å²) >= 11 is 3.40. The number of hydrogen-bond acceptors (Lipinski definition) is 2. The summed E-state index contributed by atoms with van der Waals surface area (Å²) in [6, 6.07) is 18.6. The van der Waals surface area contributed by atoms with Gasteiger partial charge < -0.3 is 5.32 Å². The zero-order valence-electron chi connectivity index (χ0n) is 11.4. The molecule has 0 amide bonds. The van der Waals surface area contributed by atoms with Crippen molar-refractivity contribution >= 4 is 21.6 Å². The summed E-state index contributed by atoms with van der Waals surface area (Å²) in [6.45, 7) is 2.17. The Bertz CT molecular complexity index is 602. The normalized spacial score (nSPS) is 11.7. The lowest BCUT2D eigenvalue weighted by atomic mass is 10.0. The molecule has 0 saturated carbocycles. The molecular weight excluding hydrogens is 312 g/mol. The number of halogens is 1. The molecule has 0 aliphatic heterocycles. The van der Waals surface area contributed by atoms with Gasteiger partial charge in [-0.1, -0.05) is 59.6 Å². The van der Waals surface area contributed by atoms with Crippen LogP contribution in [0.3, 0.4) is 0 Å². The van der Waals surface area contributed by atoms with Gasteiger partial charge in [0.1, 0.15) is 6.07 Å². The van der Waals surface area contributed by atoms with Crippen LogP contribution in [0.1, 0.15) is 36.9 Å². The molecular formula is C17H17BrN2. The Morgan fingerprint density at radius 3 is 2.60 bits per heavy atom. The first-order chi connectivity index (χ1) is 9.74. The third-order valence-corrected chi connectivity index (χ3v) is 3.70. The van der Waals surface area contributed by atoms with Crippen molar-refractivity contribution in [1.29, 1.82) is 5.26 Å². The third-order valence-electron chi connectivity index (χ3n) is 3.21. The van der Waals surface area contributed by atoms with E-state index in [0.29, 0.717) is 5.56 Å². The summed E-state index contributed by atoms with van der Waals surface area (Å²) in [6.07, 6.45) is 2.12. The van der Waals surface area contributed by atoms with Gasteiger partial charge >= 0.3 is 0 Å². The van der Waals surface area contributed by atoms with Gasteiger partial charge in [-0.25, -0.2) is 0 Å². The smallest absolute Gasteiger partial charge is 0.101 e. The second-order valence-corrected chi connectivity index (χ2v) is 5.61. The van der Waals surface area contributed by atoms with Gasteiger partial charge in [-0.3, -0.25) is 0 Å². The molecule has 0 aromatic heterocycles. The second-order valence-electron chi connectivity index (χ2n) is 4.70. The minimum Gasteiger partial charge on any atom is -0.377 e. The van der Waals surface area contributed by atoms with Crippen LogP contribution < -0.4 is 5.32 Å². The van der Waals surface area contributed by atoms with Gasteiger partial charge in [0.15, 0.2) is 0 Å². The van der Waals surface area contributed by atoms with Crippen molar-refractivity contribution < 1.29 is 0 Å². The fourth-order valence-electron chi connectivity index (χ4n) is 2.22. The Morgan fingerprint density at radius 2 is 1.95 bits per heavy atom. The lowest BCUT2D eigenvalue weighted by Crippen LogP contribution is -2.11. The lowest BCUT2D eigenvalue weighted by molar-refractivity contribution is 0.677. The molecule has 20 heavy (non-hydrogen) atoms. The second kappa shape index (κ2) is 7.12. The number of nitriles is 1. The van der Waals surface area contributed by atoms with Crippen LogP contribution in [-0.4, -0.2) is 0 Å². The minimum atomic E-state index is 0.231. The van der Waals surface area contributed by atoms with E-state index in [9.17, 15) is 5.26 Å². The van der Waals surface area contributed by atoms with E-state index in [1.807, 2.05) is 36.4 Å². The van der Waals surface area contributed by atoms with Crippen LogP contribution in [0.25, 0.3) is 0 Å². The predicted molar refractivity (Wildman–Crippen MR) is 86.6 cm³/mol. The maximum absolute atomic E-state index is 9.25. The quantitative estimate of drug-likeness (QED) is 0.811. The molecule has 1 N–H and O–H groups in total. The molecule has 0 saturated heterocycles. The number of benzene rings is 2. The molecule has 3 heteroatoms. The van der Waals surface area contributed by atoms with E-state index in [1.54, 1.807) is 0 Å². The van der Waals surface area contributed by atoms with E-state index in [0.717, 1.165) is 23.0 Å². The Labute approximate surface area is 128 Å². The Balaban J connectivity index is 2.27. The highest BCUT2D eigenvalue weighted by atomic mass is 79.9. The fraction of sp³-hybridized carbons (Fsp3) is 0.235. The maximum atomic E-state index is 9.25. The van der Waals surface area contributed by atoms with E-state index in [1.165, 1.54) is 5.56 Å². The summed E-state index contributed by atoms with van der Waals surface area (Å²) in [5.41, 5.74) is 2.80. The molecule has 0 aliphatic carbocycles. The summed E-state index contributed by atoms with van der Waals surface area (Å²) in [5.74, 6) is 0. The molecule has 2 aromatic carbocycles. The van der Waals surface area contributed by atoms with Crippen LogP contribution in [0, 0.1) is 11.3 Å². The van der Waals surface area contributed by atoms with Crippen LogP contribution in [-0.2, 0) is 0 Å². The van der Waals surface area contributed by atoms with E-state index in [2.05, 4.69) is 46.4 Å². The van der Waals surface area contributed by atoms with Crippen LogP contribution in [0.5, 0.6) is 0 Å². The van der Waals surface area contributed by atoms with E-state index >= 15 is 0 Å². The van der Waals surface area contributed by atoms with E-state index in [-0.39, 0.29) is 6.04 Å². The standard InChI is InChI=1S/C17H17BrN2/c1-2-6-16(13-7-4-3-5-8-13)20-17-10-9-15(18)11-14(17)12-19/h3-5,7-11,16,20H,2,6H2,1H3. The summed E-state index contributed by atoms with van der Waals surface area (Å²) < 4.78 is 0.923. The van der Waals surface area contributed by atoms with Crippen LogP contribution >= 0.6 is 15.9 Å². The minimum absolute atomic E-state index is 0.231. The van der Waals surface area contributed by atoms with Crippen molar-refractivity contribution in [2.75, 3.05) is 5.32 Å². The maximum Gasteiger partial charge on any atom is 0.101 e. The average molecular weight is 329 g/mol. The molecule has 0 aliphatic rings. The highest BCUT2D eigenvalue weighted by molar-refractivity contribution is 9.10. The average Bonchev–Trinajstić information content (AvgIpc) is 2.49. The van der Waals surface area contributed by atoms with E-state index in [4.69, 9.17) is 0 Å². The van der Waals surface area contributed by atoms with Gasteiger partial charge in [0, 0.05) is 4.47 Å². The van der Waals surface area contributed by atoms with Gasteiger partial charge in [0.2, 0.25) is 0 Å². The molecule has 2 aromatic rings. The molecule has 0 fully saturated rings. The molecule has 0 radical (unpaired) electrons. The molecule has 0 bridgehead atoms. The molecule has 2 nitrogen and oxygen atoms in total. The number of nitrogens with zero attached hydrogens (tertiary/aromatic N) is 1. The van der Waals surface area contributed by atoms with Crippen molar-refractivity contribution in [3.05, 3.63) is 64.1 Å². The summed E-state index contributed by atoms with van der Waals surface area (Å²) in [4.78, 5) is 0. The molecule has 0 spiro atoms. The third kappa shape index (κ3) is 3.61. The van der Waals surface area contributed by atoms with Crippen molar-refractivity contribution in [2.45, 2.75) is 25.8 Å². The van der Waals surface area contributed by atoms with Crippen molar-refractivity contribution in [3.63, 3.8) is 0 Å². The molecule has 2 rings (SSSR count). The van der Waals surface area contributed by atoms with Crippen LogP contribution in [0.2, 0.25) is 0 Å². The van der Waals surface area contributed by atoms with Crippen molar-refractivity contribution in [1.82, 2.24) is 0 Å². The Morgan fingerprint density at radius 1 is 1.20 bits per heavy atom. The van der Waals surface area contributed by atoms with Crippen LogP contribution in [0.15, 0.2) is 53.0 Å². The lowest BCUT2D eigenvalue weighted by Gasteiger charge is -2.20. The monoisotopic (exact) mass is 328 g/mol. The highest BCUT2D eigenvalue weighted by Gasteiger charge is 2.12. The number of nitrogens with one attached hydrogen (secondary N) is 1. The molecule has 102 valence electrons. The molecule has 1 unspecified atom stereocenters. The summed E-state index contributed by atoms with van der Waals surface area (Å²) in [5, 5.41) is 12.7. The SMILES string of the molecule is CCCC(Nc1ccc(Br)cc1C#N)c1ccccc1. The van der Waals surface area contributed by atoms with Gasteiger partial charge in [-0.05, 0) is 30.2 Å². The largest absolute Gasteiger partial charge is 0.377 e. The van der Waals surface area contributed by atoms with E-state index < -0.39 is 0 Å². The topological polar surface area (TPSA) is 35.8 Å². The van der Waals surface area contributed by atoms with Gasteiger partial charge in [-0.15, -0.1) is 0 Å². The number of rotatable bonds is 5. The molecule has 1 atom stereocenters. The van der Waals surface area contributed by atoms with Gasteiger partial charge in [0.25, 0.3) is 0 Å². The Hall–Kier alpha value is -1.79. The first kappa shape index (κ1) is 14.6. The van der Waals surface area contributed by atoms with Gasteiger partial charge in [0.05, 0.1) is 17.3 Å². The van der Waals surface area contributed by atoms with Crippen LogP contribution in [0.4, 0.5) is 5.69 Å². The summed E-state index contributed by atoms with van der Waals surface area (Å²) in [7, 11) is 0. The first-order valence-electron chi connectivity index (χ1n) is 6.75. The zero-order chi connectivity index (χ0) is 14.4. The number of anilines is 1. The fourth-order valence-corrected chi connectivity index (χ4v) is 2.58. The predicted octanol–water partition coefficient (Wildman–Crippen LogP) is 5.27. The first-order valence-corrected chi connectivity index (χ1v) is 7.55.